The van der Waals surface area contributed by atoms with Crippen molar-refractivity contribution in [2.75, 3.05) is 0 Å². The van der Waals surface area contributed by atoms with E-state index in [0.29, 0.717) is 5.92 Å². The summed E-state index contributed by atoms with van der Waals surface area (Å²) in [7, 11) is -1.89. The lowest BCUT2D eigenvalue weighted by Gasteiger charge is -2.41. The Morgan fingerprint density at radius 2 is 1.78 bits per heavy atom. The molecule has 0 amide bonds. The van der Waals surface area contributed by atoms with Gasteiger partial charge >= 0.3 is 0 Å². The molecule has 0 heterocycles. The largest absolute Gasteiger partial charge is 0.547 e. The van der Waals surface area contributed by atoms with Crippen LogP contribution in [-0.2, 0) is 4.43 Å². The molecule has 0 bridgehead atoms. The second-order valence-electron chi connectivity index (χ2n) is 9.46. The molecule has 0 spiro atoms. The SMILES string of the molecule is C=C=C(c1ccccc1)[C@@H]1C[C@@H](C(=C)C)CC(O[Si](C)(C)C(C)(C)C)=C1C. The molecule has 1 nitrogen and oxygen atoms in total. The summed E-state index contributed by atoms with van der Waals surface area (Å²) in [4.78, 5) is 0. The van der Waals surface area contributed by atoms with Crippen molar-refractivity contribution in [2.24, 2.45) is 11.8 Å². The van der Waals surface area contributed by atoms with Crippen LogP contribution in [0, 0.1) is 11.8 Å². The van der Waals surface area contributed by atoms with Crippen LogP contribution in [0.15, 0.2) is 66.1 Å². The third-order valence-electron chi connectivity index (χ3n) is 6.42. The van der Waals surface area contributed by atoms with E-state index in [4.69, 9.17) is 4.43 Å². The highest BCUT2D eigenvalue weighted by Crippen LogP contribution is 2.46. The van der Waals surface area contributed by atoms with Crippen molar-refractivity contribution >= 4 is 13.9 Å². The molecule has 1 aliphatic rings. The first-order valence-electron chi connectivity index (χ1n) is 9.97. The average Bonchev–Trinajstić information content (AvgIpc) is 2.58. The van der Waals surface area contributed by atoms with Gasteiger partial charge in [0.2, 0.25) is 8.32 Å². The molecule has 0 saturated carbocycles. The summed E-state index contributed by atoms with van der Waals surface area (Å²) in [6.07, 6.45) is 2.02. The maximum absolute atomic E-state index is 6.81. The zero-order valence-electron chi connectivity index (χ0n) is 18.3. The fraction of sp³-hybridized carbons (Fsp3) is 0.480. The van der Waals surface area contributed by atoms with E-state index in [2.05, 4.69) is 96.9 Å². The van der Waals surface area contributed by atoms with Crippen molar-refractivity contribution in [1.29, 1.82) is 0 Å². The maximum Gasteiger partial charge on any atom is 0.250 e. The summed E-state index contributed by atoms with van der Waals surface area (Å²) in [5.74, 6) is 1.89. The number of rotatable bonds is 5. The van der Waals surface area contributed by atoms with Gasteiger partial charge in [-0.15, -0.1) is 5.73 Å². The molecule has 0 saturated heterocycles. The predicted molar refractivity (Wildman–Crippen MR) is 121 cm³/mol. The average molecular weight is 381 g/mol. The van der Waals surface area contributed by atoms with E-state index in [0.717, 1.165) is 12.8 Å². The molecule has 0 N–H and O–H groups in total. The van der Waals surface area contributed by atoms with Crippen LogP contribution in [0.25, 0.3) is 5.57 Å². The van der Waals surface area contributed by atoms with Gasteiger partial charge in [-0.25, -0.2) is 0 Å². The molecule has 0 radical (unpaired) electrons. The van der Waals surface area contributed by atoms with Gasteiger partial charge in [0.15, 0.2) is 0 Å². The van der Waals surface area contributed by atoms with E-state index in [-0.39, 0.29) is 11.0 Å². The molecule has 146 valence electrons. The quantitative estimate of drug-likeness (QED) is 0.288. The monoisotopic (exact) mass is 380 g/mol. The summed E-state index contributed by atoms with van der Waals surface area (Å²) in [6.45, 7) is 24.2. The van der Waals surface area contributed by atoms with Gasteiger partial charge < -0.3 is 4.43 Å². The molecule has 1 aromatic rings. The lowest BCUT2D eigenvalue weighted by molar-refractivity contribution is 0.307. The smallest absolute Gasteiger partial charge is 0.250 e. The topological polar surface area (TPSA) is 9.23 Å². The van der Waals surface area contributed by atoms with E-state index in [1.165, 1.54) is 28.0 Å². The van der Waals surface area contributed by atoms with Crippen LogP contribution in [0.5, 0.6) is 0 Å². The Morgan fingerprint density at radius 1 is 1.19 bits per heavy atom. The molecular formula is C25H36OSi. The van der Waals surface area contributed by atoms with Crippen LogP contribution in [0.2, 0.25) is 18.1 Å². The van der Waals surface area contributed by atoms with Crippen molar-refractivity contribution < 1.29 is 4.43 Å². The van der Waals surface area contributed by atoms with Crippen LogP contribution in [0.3, 0.4) is 0 Å². The molecule has 2 heteroatoms. The van der Waals surface area contributed by atoms with E-state index in [9.17, 15) is 0 Å². The minimum absolute atomic E-state index is 0.183. The fourth-order valence-corrected chi connectivity index (χ4v) is 4.63. The van der Waals surface area contributed by atoms with Crippen LogP contribution >= 0.6 is 0 Å². The number of allylic oxidation sites excluding steroid dienone is 4. The molecule has 2 rings (SSSR count). The van der Waals surface area contributed by atoms with E-state index >= 15 is 0 Å². The van der Waals surface area contributed by atoms with Gasteiger partial charge in [0, 0.05) is 17.9 Å². The summed E-state index contributed by atoms with van der Waals surface area (Å²) in [5.41, 5.74) is 8.20. The first-order valence-corrected chi connectivity index (χ1v) is 12.9. The molecule has 0 aliphatic heterocycles. The van der Waals surface area contributed by atoms with Crippen molar-refractivity contribution in [3.63, 3.8) is 0 Å². The van der Waals surface area contributed by atoms with Crippen LogP contribution in [0.1, 0.15) is 53.0 Å². The minimum atomic E-state index is -1.89. The summed E-state index contributed by atoms with van der Waals surface area (Å²) >= 11 is 0. The molecule has 2 atom stereocenters. The highest BCUT2D eigenvalue weighted by atomic mass is 28.4. The van der Waals surface area contributed by atoms with Crippen LogP contribution in [-0.4, -0.2) is 8.32 Å². The maximum atomic E-state index is 6.81. The van der Waals surface area contributed by atoms with Gasteiger partial charge in [-0.3, -0.25) is 0 Å². The highest BCUT2D eigenvalue weighted by Gasteiger charge is 2.41. The summed E-state index contributed by atoms with van der Waals surface area (Å²) < 4.78 is 6.81. The number of benzene rings is 1. The Balaban J connectivity index is 2.49. The molecule has 1 aromatic carbocycles. The Morgan fingerprint density at radius 3 is 2.26 bits per heavy atom. The van der Waals surface area contributed by atoms with Crippen LogP contribution < -0.4 is 0 Å². The third kappa shape index (κ3) is 4.75. The van der Waals surface area contributed by atoms with Crippen molar-refractivity contribution in [3.8, 4) is 0 Å². The number of hydrogen-bond acceptors (Lipinski definition) is 1. The van der Waals surface area contributed by atoms with Gasteiger partial charge in [0.1, 0.15) is 0 Å². The molecule has 27 heavy (non-hydrogen) atoms. The van der Waals surface area contributed by atoms with E-state index in [1.54, 1.807) is 0 Å². The van der Waals surface area contributed by atoms with Gasteiger partial charge in [-0.1, -0.05) is 69.8 Å². The fourth-order valence-electron chi connectivity index (χ4n) is 3.46. The summed E-state index contributed by atoms with van der Waals surface area (Å²) in [5, 5.41) is 0.183. The van der Waals surface area contributed by atoms with Crippen molar-refractivity contribution in [3.05, 3.63) is 71.7 Å². The Bertz CT molecular complexity index is 770. The van der Waals surface area contributed by atoms with Crippen molar-refractivity contribution in [1.82, 2.24) is 0 Å². The Labute approximate surface area is 167 Å². The van der Waals surface area contributed by atoms with Gasteiger partial charge in [-0.2, -0.15) is 0 Å². The molecule has 0 aromatic heterocycles. The van der Waals surface area contributed by atoms with Gasteiger partial charge in [-0.05, 0) is 55.5 Å². The molecule has 0 unspecified atom stereocenters. The third-order valence-corrected chi connectivity index (χ3v) is 10.8. The predicted octanol–water partition coefficient (Wildman–Crippen LogP) is 7.75. The first kappa shape index (κ1) is 21.5. The minimum Gasteiger partial charge on any atom is -0.547 e. The lowest BCUT2D eigenvalue weighted by Crippen LogP contribution is -2.41. The van der Waals surface area contributed by atoms with Gasteiger partial charge in [0.05, 0.1) is 5.76 Å². The van der Waals surface area contributed by atoms with E-state index in [1.807, 2.05) is 0 Å². The second-order valence-corrected chi connectivity index (χ2v) is 14.2. The Kier molecular flexibility index (Phi) is 6.45. The zero-order valence-corrected chi connectivity index (χ0v) is 19.3. The summed E-state index contributed by atoms with van der Waals surface area (Å²) in [6, 6.07) is 10.5. The highest BCUT2D eigenvalue weighted by molar-refractivity contribution is 6.74. The second kappa shape index (κ2) is 8.08. The van der Waals surface area contributed by atoms with Crippen LogP contribution in [0.4, 0.5) is 0 Å². The Hall–Kier alpha value is -1.76. The molecule has 0 fully saturated rings. The zero-order chi connectivity index (χ0) is 20.4. The molecule has 1 aliphatic carbocycles. The standard InChI is InChI=1S/C25H36OSi/c1-10-22(20-14-12-11-13-15-20)23-16-21(18(2)3)17-24(19(23)4)26-27(8,9)25(5,6)7/h11-15,21,23H,1-2,16-17H2,3-9H3/t21-,23-/m1/s1. The first-order chi connectivity index (χ1) is 12.5. The number of hydrogen-bond donors (Lipinski definition) is 0. The van der Waals surface area contributed by atoms with Crippen molar-refractivity contribution in [2.45, 2.75) is 65.6 Å². The van der Waals surface area contributed by atoms with Gasteiger partial charge in [0.25, 0.3) is 0 Å². The molecular weight excluding hydrogens is 344 g/mol. The normalized spacial score (nSPS) is 20.9. The van der Waals surface area contributed by atoms with E-state index < -0.39 is 8.32 Å². The lowest BCUT2D eigenvalue weighted by atomic mass is 9.73.